The van der Waals surface area contributed by atoms with Crippen LogP contribution in [0.5, 0.6) is 5.75 Å². The maximum absolute atomic E-state index is 13.2. The molecule has 7 nitrogen and oxygen atoms in total. The minimum Gasteiger partial charge on any atom is -0.497 e. The molecule has 3 N–H and O–H groups in total. The highest BCUT2D eigenvalue weighted by Crippen LogP contribution is 2.12. The van der Waals surface area contributed by atoms with Crippen LogP contribution in [0.2, 0.25) is 0 Å². The number of hydrogen-bond acceptors (Lipinski definition) is 5. The van der Waals surface area contributed by atoms with Gasteiger partial charge in [-0.25, -0.2) is 4.79 Å². The molecule has 9 heteroatoms. The van der Waals surface area contributed by atoms with E-state index in [1.807, 2.05) is 4.98 Å². The molecule has 2 aromatic rings. The van der Waals surface area contributed by atoms with E-state index in [1.54, 1.807) is 0 Å². The molecule has 1 heterocycles. The molecule has 0 saturated heterocycles. The number of methoxy groups -OCH3 is 1. The van der Waals surface area contributed by atoms with E-state index >= 15 is 0 Å². The highest BCUT2D eigenvalue weighted by Gasteiger charge is 2.17. The molecule has 2 rings (SSSR count). The van der Waals surface area contributed by atoms with Crippen LogP contribution in [0.15, 0.2) is 34.0 Å². The van der Waals surface area contributed by atoms with Crippen LogP contribution in [0.1, 0.15) is 5.56 Å². The summed E-state index contributed by atoms with van der Waals surface area (Å²) in [5.74, 6) is -0.670. The Morgan fingerprint density at radius 1 is 1.38 bits per heavy atom. The van der Waals surface area contributed by atoms with Crippen molar-refractivity contribution < 1.29 is 19.2 Å². The first-order chi connectivity index (χ1) is 9.92. The number of aromatic nitrogens is 2. The molecule has 0 atom stereocenters. The predicted molar refractivity (Wildman–Crippen MR) is 73.2 cm³/mol. The lowest BCUT2D eigenvalue weighted by Crippen LogP contribution is -2.36. The minimum absolute atomic E-state index is 0.148. The second-order valence-corrected chi connectivity index (χ2v) is 4.30. The largest absolute Gasteiger partial charge is 0.497 e. The van der Waals surface area contributed by atoms with E-state index in [2.05, 4.69) is 0 Å². The van der Waals surface area contributed by atoms with Gasteiger partial charge in [-0.15, -0.1) is 0 Å². The fourth-order valence-electron chi connectivity index (χ4n) is 1.88. The average Bonchev–Trinajstić information content (AvgIpc) is 2.44. The van der Waals surface area contributed by atoms with Gasteiger partial charge >= 0.3 is 12.8 Å². The van der Waals surface area contributed by atoms with Crippen molar-refractivity contribution in [3.05, 3.63) is 56.6 Å². The highest BCUT2D eigenvalue weighted by atomic mass is 19.1. The smallest absolute Gasteiger partial charge is 0.488 e. The Kier molecular flexibility index (Phi) is 4.25. The maximum atomic E-state index is 13.2. The summed E-state index contributed by atoms with van der Waals surface area (Å²) in [6.45, 7) is -0.156. The number of nitrogens with one attached hydrogen (secondary N) is 1. The average molecular weight is 294 g/mol. The fraction of sp³-hybridized carbons (Fsp3) is 0.167. The van der Waals surface area contributed by atoms with Gasteiger partial charge in [0.05, 0.1) is 19.9 Å². The number of benzene rings is 1. The van der Waals surface area contributed by atoms with Crippen molar-refractivity contribution >= 4 is 12.6 Å². The van der Waals surface area contributed by atoms with Crippen LogP contribution in [0, 0.1) is 5.82 Å². The molecule has 1 aromatic heterocycles. The highest BCUT2D eigenvalue weighted by molar-refractivity contribution is 6.59. The lowest BCUT2D eigenvalue weighted by molar-refractivity contribution is 0.413. The van der Waals surface area contributed by atoms with E-state index in [-0.39, 0.29) is 12.0 Å². The van der Waals surface area contributed by atoms with Gasteiger partial charge in [0.25, 0.3) is 5.56 Å². The third kappa shape index (κ3) is 3.20. The van der Waals surface area contributed by atoms with E-state index in [0.29, 0.717) is 11.3 Å². The van der Waals surface area contributed by atoms with Crippen molar-refractivity contribution in [3.63, 3.8) is 0 Å². The third-order valence-corrected chi connectivity index (χ3v) is 2.94. The maximum Gasteiger partial charge on any atom is 0.488 e. The molecule has 0 spiro atoms. The molecule has 0 fully saturated rings. The van der Waals surface area contributed by atoms with E-state index in [9.17, 15) is 24.0 Å². The summed E-state index contributed by atoms with van der Waals surface area (Å²) in [4.78, 5) is 24.4. The number of rotatable bonds is 4. The zero-order chi connectivity index (χ0) is 15.6. The predicted octanol–water partition coefficient (Wildman–Crippen LogP) is -1.59. The quantitative estimate of drug-likeness (QED) is 0.590. The molecule has 0 aliphatic heterocycles. The molecule has 0 aliphatic rings. The second-order valence-electron chi connectivity index (χ2n) is 4.30. The van der Waals surface area contributed by atoms with Gasteiger partial charge in [-0.3, -0.25) is 14.3 Å². The Hall–Kier alpha value is -2.39. The van der Waals surface area contributed by atoms with Crippen LogP contribution in [0.25, 0.3) is 0 Å². The standard InChI is InChI=1S/C12H12BFN2O5/c1-21-8-2-3-9(13(19)20)7(4-8)5-16-6-10(14)11(17)15-12(16)18/h2-4,6,19-20H,5H2,1H3,(H,15,17,18). The number of nitrogens with zero attached hydrogens (tertiary/aromatic N) is 1. The van der Waals surface area contributed by atoms with E-state index in [1.165, 1.54) is 25.3 Å². The molecule has 1 aromatic carbocycles. The first kappa shape index (κ1) is 15.0. The zero-order valence-electron chi connectivity index (χ0n) is 11.0. The van der Waals surface area contributed by atoms with Gasteiger partial charge in [0.15, 0.2) is 0 Å². The van der Waals surface area contributed by atoms with Crippen molar-refractivity contribution in [1.29, 1.82) is 0 Å². The van der Waals surface area contributed by atoms with Crippen LogP contribution < -0.4 is 21.4 Å². The molecule has 0 aliphatic carbocycles. The van der Waals surface area contributed by atoms with E-state index in [0.717, 1.165) is 10.8 Å². The summed E-state index contributed by atoms with van der Waals surface area (Å²) in [6.07, 6.45) is 0.758. The van der Waals surface area contributed by atoms with Gasteiger partial charge in [0, 0.05) is 0 Å². The van der Waals surface area contributed by atoms with Gasteiger partial charge in [0.2, 0.25) is 5.82 Å². The first-order valence-corrected chi connectivity index (χ1v) is 5.94. The van der Waals surface area contributed by atoms with Crippen LogP contribution >= 0.6 is 0 Å². The fourth-order valence-corrected chi connectivity index (χ4v) is 1.88. The molecule has 0 bridgehead atoms. The van der Waals surface area contributed by atoms with Gasteiger partial charge < -0.3 is 14.8 Å². The summed E-state index contributed by atoms with van der Waals surface area (Å²) in [5, 5.41) is 18.6. The van der Waals surface area contributed by atoms with Crippen LogP contribution in [-0.2, 0) is 6.54 Å². The first-order valence-electron chi connectivity index (χ1n) is 5.94. The summed E-state index contributed by atoms with van der Waals surface area (Å²) in [5.41, 5.74) is -1.42. The molecule has 110 valence electrons. The van der Waals surface area contributed by atoms with Gasteiger partial charge in [-0.2, -0.15) is 4.39 Å². The Bertz CT molecular complexity index is 771. The van der Waals surface area contributed by atoms with E-state index in [4.69, 9.17) is 4.74 Å². The molecular weight excluding hydrogens is 282 g/mol. The number of hydrogen-bond donors (Lipinski definition) is 3. The van der Waals surface area contributed by atoms with Crippen LogP contribution in [0.4, 0.5) is 4.39 Å². The molecule has 0 unspecified atom stereocenters. The molecule has 21 heavy (non-hydrogen) atoms. The Morgan fingerprint density at radius 2 is 2.10 bits per heavy atom. The molecule has 0 amide bonds. The van der Waals surface area contributed by atoms with Crippen molar-refractivity contribution in [1.82, 2.24) is 9.55 Å². The SMILES string of the molecule is COc1ccc(B(O)O)c(Cn2cc(F)c(=O)[nH]c2=O)c1. The summed E-state index contributed by atoms with van der Waals surface area (Å²) in [6, 6.07) is 4.44. The van der Waals surface area contributed by atoms with Crippen LogP contribution in [0.3, 0.4) is 0 Å². The summed E-state index contributed by atoms with van der Waals surface area (Å²) < 4.78 is 19.2. The molecule has 0 saturated carbocycles. The lowest BCUT2D eigenvalue weighted by Gasteiger charge is -2.12. The van der Waals surface area contributed by atoms with Crippen molar-refractivity contribution in [2.24, 2.45) is 0 Å². The molecule has 0 radical (unpaired) electrons. The summed E-state index contributed by atoms with van der Waals surface area (Å²) in [7, 11) is -0.325. The van der Waals surface area contributed by atoms with Crippen molar-refractivity contribution in [2.75, 3.05) is 7.11 Å². The Labute approximate surface area is 118 Å². The van der Waals surface area contributed by atoms with E-state index < -0.39 is 24.2 Å². The number of ether oxygens (including phenoxy) is 1. The Morgan fingerprint density at radius 3 is 2.71 bits per heavy atom. The number of aromatic amines is 1. The lowest BCUT2D eigenvalue weighted by atomic mass is 9.77. The van der Waals surface area contributed by atoms with Crippen molar-refractivity contribution in [3.8, 4) is 5.75 Å². The number of halogens is 1. The monoisotopic (exact) mass is 294 g/mol. The van der Waals surface area contributed by atoms with Gasteiger partial charge in [0.1, 0.15) is 5.75 Å². The summed E-state index contributed by atoms with van der Waals surface area (Å²) >= 11 is 0. The van der Waals surface area contributed by atoms with Crippen molar-refractivity contribution in [2.45, 2.75) is 6.54 Å². The number of H-pyrrole nitrogens is 1. The molecular formula is C12H12BFN2O5. The van der Waals surface area contributed by atoms with Crippen LogP contribution in [-0.4, -0.2) is 33.8 Å². The second kappa shape index (κ2) is 5.94. The minimum atomic E-state index is -1.76. The normalized spacial score (nSPS) is 10.5. The topological polar surface area (TPSA) is 105 Å². The van der Waals surface area contributed by atoms with Gasteiger partial charge in [-0.1, -0.05) is 6.07 Å². The Balaban J connectivity index is 2.50. The zero-order valence-corrected chi connectivity index (χ0v) is 11.0. The third-order valence-electron chi connectivity index (χ3n) is 2.94. The van der Waals surface area contributed by atoms with Gasteiger partial charge in [-0.05, 0) is 23.2 Å².